The van der Waals surface area contributed by atoms with Crippen molar-refractivity contribution in [1.82, 2.24) is 0 Å². The van der Waals surface area contributed by atoms with E-state index in [1.807, 2.05) is 5.41 Å². The Morgan fingerprint density at radius 3 is 2.54 bits per heavy atom. The number of hydrogen-bond donors (Lipinski definition) is 0. The Hall–Kier alpha value is -1.21. The zero-order valence-corrected chi connectivity index (χ0v) is 8.05. The monoisotopic (exact) mass is 186 g/mol. The van der Waals surface area contributed by atoms with E-state index in [0.717, 1.165) is 0 Å². The van der Waals surface area contributed by atoms with Crippen LogP contribution in [0.15, 0.2) is 59.3 Å². The Balaban J connectivity index is 2.55. The van der Waals surface area contributed by atoms with Crippen molar-refractivity contribution in [2.24, 2.45) is 0 Å². The van der Waals surface area contributed by atoms with Crippen LogP contribution in [0.25, 0.3) is 10.8 Å². The van der Waals surface area contributed by atoms with Crippen LogP contribution in [0, 0.1) is 0 Å². The molecule has 13 heavy (non-hydrogen) atoms. The summed E-state index contributed by atoms with van der Waals surface area (Å²) in [5, 5.41) is 4.43. The lowest BCUT2D eigenvalue weighted by molar-refractivity contribution is 1.52. The number of fused-ring (bicyclic) bond motifs is 1. The molecule has 0 N–H and O–H groups in total. The van der Waals surface area contributed by atoms with Gasteiger partial charge in [-0.2, -0.15) is 0 Å². The van der Waals surface area contributed by atoms with E-state index in [2.05, 4.69) is 49.0 Å². The van der Waals surface area contributed by atoms with Crippen LogP contribution < -0.4 is 0 Å². The number of benzene rings is 2. The third-order valence-electron chi connectivity index (χ3n) is 1.94. The van der Waals surface area contributed by atoms with E-state index in [4.69, 9.17) is 0 Å². The molecule has 0 bridgehead atoms. The maximum absolute atomic E-state index is 3.70. The van der Waals surface area contributed by atoms with Gasteiger partial charge < -0.3 is 0 Å². The van der Waals surface area contributed by atoms with Crippen molar-refractivity contribution >= 4 is 22.5 Å². The van der Waals surface area contributed by atoms with Gasteiger partial charge in [-0.15, -0.1) is 0 Å². The molecule has 0 aliphatic heterocycles. The molecule has 0 radical (unpaired) electrons. The molecule has 2 aromatic rings. The Morgan fingerprint density at radius 2 is 1.77 bits per heavy atom. The van der Waals surface area contributed by atoms with E-state index in [1.165, 1.54) is 15.7 Å². The van der Waals surface area contributed by atoms with Crippen LogP contribution in [0.3, 0.4) is 0 Å². The summed E-state index contributed by atoms with van der Waals surface area (Å²) in [5.41, 5.74) is 0. The molecule has 0 nitrogen and oxygen atoms in total. The molecule has 0 saturated heterocycles. The molecule has 0 amide bonds. The highest BCUT2D eigenvalue weighted by molar-refractivity contribution is 8.02. The molecule has 0 fully saturated rings. The number of thioether (sulfide) groups is 1. The van der Waals surface area contributed by atoms with Crippen molar-refractivity contribution in [2.75, 3.05) is 0 Å². The summed E-state index contributed by atoms with van der Waals surface area (Å²) in [6, 6.07) is 14.8. The fourth-order valence-electron chi connectivity index (χ4n) is 1.34. The first-order chi connectivity index (χ1) is 6.40. The van der Waals surface area contributed by atoms with Crippen molar-refractivity contribution in [3.05, 3.63) is 54.5 Å². The zero-order valence-electron chi connectivity index (χ0n) is 7.23. The van der Waals surface area contributed by atoms with Crippen molar-refractivity contribution < 1.29 is 0 Å². The molecule has 2 aromatic carbocycles. The Kier molecular flexibility index (Phi) is 2.37. The van der Waals surface area contributed by atoms with Crippen LogP contribution in [-0.4, -0.2) is 0 Å². The second kappa shape index (κ2) is 3.67. The molecule has 64 valence electrons. The summed E-state index contributed by atoms with van der Waals surface area (Å²) in [4.78, 5) is 1.24. The van der Waals surface area contributed by atoms with E-state index >= 15 is 0 Å². The van der Waals surface area contributed by atoms with E-state index < -0.39 is 0 Å². The first kappa shape index (κ1) is 8.39. The summed E-state index contributed by atoms with van der Waals surface area (Å²) in [7, 11) is 0. The third kappa shape index (κ3) is 1.76. The molecule has 1 heteroatoms. The molecule has 0 aliphatic rings. The molecule has 0 spiro atoms. The van der Waals surface area contributed by atoms with Crippen molar-refractivity contribution in [3.8, 4) is 0 Å². The normalized spacial score (nSPS) is 10.2. The number of hydrogen-bond acceptors (Lipinski definition) is 1. The van der Waals surface area contributed by atoms with Crippen molar-refractivity contribution in [2.45, 2.75) is 4.90 Å². The highest BCUT2D eigenvalue weighted by Gasteiger charge is 1.93. The maximum Gasteiger partial charge on any atom is 0.0122 e. The first-order valence-electron chi connectivity index (χ1n) is 4.16. The standard InChI is InChI=1S/C12H10S/c1-2-13-12-8-7-10-5-3-4-6-11(10)9-12/h2-9H,1H2. The van der Waals surface area contributed by atoms with Gasteiger partial charge in [-0.1, -0.05) is 48.7 Å². The summed E-state index contributed by atoms with van der Waals surface area (Å²) in [6.07, 6.45) is 0. The second-order valence-electron chi connectivity index (χ2n) is 2.79. The molecule has 0 aliphatic carbocycles. The van der Waals surface area contributed by atoms with E-state index in [0.29, 0.717) is 0 Å². The van der Waals surface area contributed by atoms with Gasteiger partial charge in [-0.05, 0) is 28.3 Å². The lowest BCUT2D eigenvalue weighted by Gasteiger charge is -1.99. The molecular weight excluding hydrogens is 176 g/mol. The molecule has 0 unspecified atom stereocenters. The highest BCUT2D eigenvalue weighted by atomic mass is 32.2. The average molecular weight is 186 g/mol. The predicted molar refractivity (Wildman–Crippen MR) is 60.0 cm³/mol. The van der Waals surface area contributed by atoms with Crippen LogP contribution in [0.5, 0.6) is 0 Å². The Morgan fingerprint density at radius 1 is 1.00 bits per heavy atom. The van der Waals surface area contributed by atoms with Gasteiger partial charge in [0.25, 0.3) is 0 Å². The minimum absolute atomic E-state index is 1.24. The zero-order chi connectivity index (χ0) is 9.10. The molecule has 0 aromatic heterocycles. The van der Waals surface area contributed by atoms with Gasteiger partial charge in [-0.3, -0.25) is 0 Å². The summed E-state index contributed by atoms with van der Waals surface area (Å²) in [6.45, 7) is 3.70. The minimum Gasteiger partial charge on any atom is -0.0987 e. The molecule has 0 saturated carbocycles. The van der Waals surface area contributed by atoms with Crippen LogP contribution in [0.2, 0.25) is 0 Å². The third-order valence-corrected chi connectivity index (χ3v) is 2.63. The topological polar surface area (TPSA) is 0 Å². The second-order valence-corrected chi connectivity index (χ2v) is 3.83. The maximum atomic E-state index is 3.70. The minimum atomic E-state index is 1.24. The van der Waals surface area contributed by atoms with Crippen molar-refractivity contribution in [3.63, 3.8) is 0 Å². The molecule has 0 atom stereocenters. The number of rotatable bonds is 2. The highest BCUT2D eigenvalue weighted by Crippen LogP contribution is 2.23. The van der Waals surface area contributed by atoms with Gasteiger partial charge in [0.2, 0.25) is 0 Å². The van der Waals surface area contributed by atoms with Crippen molar-refractivity contribution in [1.29, 1.82) is 0 Å². The van der Waals surface area contributed by atoms with Crippen LogP contribution in [-0.2, 0) is 0 Å². The molecule has 0 heterocycles. The lowest BCUT2D eigenvalue weighted by atomic mass is 10.1. The molecule has 2 rings (SSSR count). The SMILES string of the molecule is C=CSc1ccc2ccccc2c1. The quantitative estimate of drug-likeness (QED) is 0.637. The van der Waals surface area contributed by atoms with Gasteiger partial charge in [0.05, 0.1) is 0 Å². The van der Waals surface area contributed by atoms with Crippen LogP contribution >= 0.6 is 11.8 Å². The van der Waals surface area contributed by atoms with E-state index in [-0.39, 0.29) is 0 Å². The predicted octanol–water partition coefficient (Wildman–Crippen LogP) is 4.08. The van der Waals surface area contributed by atoms with E-state index in [1.54, 1.807) is 11.8 Å². The fourth-order valence-corrected chi connectivity index (χ4v) is 1.87. The van der Waals surface area contributed by atoms with Gasteiger partial charge in [0, 0.05) is 4.90 Å². The van der Waals surface area contributed by atoms with Crippen LogP contribution in [0.1, 0.15) is 0 Å². The lowest BCUT2D eigenvalue weighted by Crippen LogP contribution is -1.72. The van der Waals surface area contributed by atoms with Crippen LogP contribution in [0.4, 0.5) is 0 Å². The summed E-state index contributed by atoms with van der Waals surface area (Å²) in [5.74, 6) is 0. The van der Waals surface area contributed by atoms with Gasteiger partial charge in [0.15, 0.2) is 0 Å². The fraction of sp³-hybridized carbons (Fsp3) is 0. The van der Waals surface area contributed by atoms with Gasteiger partial charge in [0.1, 0.15) is 0 Å². The Bertz CT molecular complexity index is 432. The smallest absolute Gasteiger partial charge is 0.0122 e. The van der Waals surface area contributed by atoms with Gasteiger partial charge >= 0.3 is 0 Å². The summed E-state index contributed by atoms with van der Waals surface area (Å²) < 4.78 is 0. The average Bonchev–Trinajstić information content (AvgIpc) is 2.18. The van der Waals surface area contributed by atoms with Gasteiger partial charge in [-0.25, -0.2) is 0 Å². The summed E-state index contributed by atoms with van der Waals surface area (Å²) >= 11 is 1.65. The van der Waals surface area contributed by atoms with E-state index in [9.17, 15) is 0 Å². The first-order valence-corrected chi connectivity index (χ1v) is 5.04. The Labute approximate surface area is 82.3 Å². The molecular formula is C12H10S. The largest absolute Gasteiger partial charge is 0.0987 e.